The molecule has 1 aromatic heterocycles. The van der Waals surface area contributed by atoms with Gasteiger partial charge in [0.1, 0.15) is 0 Å². The predicted molar refractivity (Wildman–Crippen MR) is 83.1 cm³/mol. The van der Waals surface area contributed by atoms with Crippen LogP contribution < -0.4 is 0 Å². The molecule has 1 saturated carbocycles. The third-order valence-electron chi connectivity index (χ3n) is 4.39. The van der Waals surface area contributed by atoms with Crippen molar-refractivity contribution in [3.8, 4) is 0 Å². The normalized spacial score (nSPS) is 22.1. The quantitative estimate of drug-likeness (QED) is 0.797. The Labute approximate surface area is 125 Å². The van der Waals surface area contributed by atoms with Crippen molar-refractivity contribution in [3.05, 3.63) is 42.1 Å². The fourth-order valence-electron chi connectivity index (χ4n) is 3.19. The molecule has 1 aromatic carbocycles. The molecular formula is C18H21NO2. The SMILES string of the molecule is CCOC(=O)C1CCC(c2ccc3ccccc3n2)CC1. The van der Waals surface area contributed by atoms with Crippen LogP contribution in [0, 0.1) is 5.92 Å². The first kappa shape index (κ1) is 14.1. The number of ether oxygens (including phenoxy) is 1. The van der Waals surface area contributed by atoms with Gasteiger partial charge in [0.05, 0.1) is 18.0 Å². The van der Waals surface area contributed by atoms with Gasteiger partial charge in [-0.25, -0.2) is 0 Å². The van der Waals surface area contributed by atoms with E-state index >= 15 is 0 Å². The van der Waals surface area contributed by atoms with Crippen LogP contribution in [0.3, 0.4) is 0 Å². The molecule has 110 valence electrons. The van der Waals surface area contributed by atoms with Crippen molar-refractivity contribution in [2.45, 2.75) is 38.5 Å². The van der Waals surface area contributed by atoms with E-state index in [0.29, 0.717) is 12.5 Å². The second-order valence-electron chi connectivity index (χ2n) is 5.73. The zero-order valence-corrected chi connectivity index (χ0v) is 12.4. The molecule has 0 spiro atoms. The number of aromatic nitrogens is 1. The molecule has 1 aliphatic rings. The molecule has 1 fully saturated rings. The summed E-state index contributed by atoms with van der Waals surface area (Å²) in [5, 5.41) is 1.18. The van der Waals surface area contributed by atoms with Gasteiger partial charge >= 0.3 is 5.97 Å². The number of carbonyl (C=O) groups is 1. The minimum absolute atomic E-state index is 0.0255. The van der Waals surface area contributed by atoms with E-state index in [2.05, 4.69) is 24.3 Å². The monoisotopic (exact) mass is 283 g/mol. The van der Waals surface area contributed by atoms with Crippen LogP contribution in [0.1, 0.15) is 44.2 Å². The summed E-state index contributed by atoms with van der Waals surface area (Å²) in [6.45, 7) is 2.34. The number of nitrogens with zero attached hydrogens (tertiary/aromatic N) is 1. The van der Waals surface area contributed by atoms with Gasteiger partial charge in [-0.2, -0.15) is 0 Å². The van der Waals surface area contributed by atoms with Crippen molar-refractivity contribution in [2.24, 2.45) is 5.92 Å². The minimum Gasteiger partial charge on any atom is -0.466 e. The summed E-state index contributed by atoms with van der Waals surface area (Å²) in [7, 11) is 0. The maximum atomic E-state index is 11.8. The van der Waals surface area contributed by atoms with Crippen molar-refractivity contribution in [1.29, 1.82) is 0 Å². The average molecular weight is 283 g/mol. The van der Waals surface area contributed by atoms with Crippen LogP contribution >= 0.6 is 0 Å². The Hall–Kier alpha value is -1.90. The number of fused-ring (bicyclic) bond motifs is 1. The van der Waals surface area contributed by atoms with Crippen molar-refractivity contribution in [1.82, 2.24) is 4.98 Å². The van der Waals surface area contributed by atoms with E-state index in [1.807, 2.05) is 19.1 Å². The van der Waals surface area contributed by atoms with Gasteiger partial charge in [-0.3, -0.25) is 9.78 Å². The predicted octanol–water partition coefficient (Wildman–Crippen LogP) is 4.07. The van der Waals surface area contributed by atoms with Gasteiger partial charge in [0.15, 0.2) is 0 Å². The third kappa shape index (κ3) is 3.07. The molecule has 0 aliphatic heterocycles. The highest BCUT2D eigenvalue weighted by molar-refractivity contribution is 5.78. The summed E-state index contributed by atoms with van der Waals surface area (Å²) in [4.78, 5) is 16.6. The molecule has 1 aliphatic carbocycles. The van der Waals surface area contributed by atoms with Crippen LogP contribution in [0.5, 0.6) is 0 Å². The fraction of sp³-hybridized carbons (Fsp3) is 0.444. The lowest BCUT2D eigenvalue weighted by atomic mass is 9.80. The Morgan fingerprint density at radius 1 is 1.14 bits per heavy atom. The molecule has 3 heteroatoms. The number of para-hydroxylation sites is 1. The lowest BCUT2D eigenvalue weighted by molar-refractivity contribution is -0.149. The first-order valence-corrected chi connectivity index (χ1v) is 7.80. The Bertz CT molecular complexity index is 630. The van der Waals surface area contributed by atoms with Gasteiger partial charge in [0.25, 0.3) is 0 Å². The van der Waals surface area contributed by atoms with Crippen molar-refractivity contribution in [2.75, 3.05) is 6.61 Å². The van der Waals surface area contributed by atoms with E-state index < -0.39 is 0 Å². The Balaban J connectivity index is 1.69. The van der Waals surface area contributed by atoms with Crippen molar-refractivity contribution >= 4 is 16.9 Å². The summed E-state index contributed by atoms with van der Waals surface area (Å²) in [6.07, 6.45) is 3.87. The van der Waals surface area contributed by atoms with Crippen molar-refractivity contribution in [3.63, 3.8) is 0 Å². The molecule has 0 bridgehead atoms. The maximum Gasteiger partial charge on any atom is 0.308 e. The van der Waals surface area contributed by atoms with Gasteiger partial charge < -0.3 is 4.74 Å². The second-order valence-corrected chi connectivity index (χ2v) is 5.73. The largest absolute Gasteiger partial charge is 0.466 e. The molecule has 21 heavy (non-hydrogen) atoms. The number of pyridine rings is 1. The summed E-state index contributed by atoms with van der Waals surface area (Å²) in [6, 6.07) is 12.5. The first-order chi connectivity index (χ1) is 10.3. The summed E-state index contributed by atoms with van der Waals surface area (Å²) in [5.74, 6) is 0.532. The first-order valence-electron chi connectivity index (χ1n) is 7.80. The standard InChI is InChI=1S/C18H21NO2/c1-2-21-18(20)15-9-7-14(8-10-15)17-12-11-13-5-3-4-6-16(13)19-17/h3-6,11-12,14-15H,2,7-10H2,1H3. The molecule has 0 atom stereocenters. The van der Waals surface area contributed by atoms with E-state index in [1.54, 1.807) is 0 Å². The van der Waals surface area contributed by atoms with Crippen LogP contribution in [0.2, 0.25) is 0 Å². The number of carbonyl (C=O) groups excluding carboxylic acids is 1. The van der Waals surface area contributed by atoms with Gasteiger partial charge in [-0.1, -0.05) is 24.3 Å². The van der Waals surface area contributed by atoms with Crippen LogP contribution in [0.25, 0.3) is 10.9 Å². The molecule has 0 saturated heterocycles. The molecule has 3 rings (SSSR count). The number of esters is 1. The fourth-order valence-corrected chi connectivity index (χ4v) is 3.19. The smallest absolute Gasteiger partial charge is 0.308 e. The minimum atomic E-state index is -0.0255. The molecule has 2 aromatic rings. The molecule has 1 heterocycles. The molecule has 3 nitrogen and oxygen atoms in total. The summed E-state index contributed by atoms with van der Waals surface area (Å²) in [5.41, 5.74) is 2.22. The average Bonchev–Trinajstić information content (AvgIpc) is 2.55. The van der Waals surface area contributed by atoms with E-state index in [1.165, 1.54) is 5.39 Å². The Morgan fingerprint density at radius 3 is 2.67 bits per heavy atom. The van der Waals surface area contributed by atoms with Crippen LogP contribution in [0.4, 0.5) is 0 Å². The van der Waals surface area contributed by atoms with Crippen molar-refractivity contribution < 1.29 is 9.53 Å². The number of rotatable bonds is 3. The van der Waals surface area contributed by atoms with E-state index in [0.717, 1.165) is 36.9 Å². The molecular weight excluding hydrogens is 262 g/mol. The van der Waals surface area contributed by atoms with Crippen LogP contribution in [-0.2, 0) is 9.53 Å². The Morgan fingerprint density at radius 2 is 1.90 bits per heavy atom. The second kappa shape index (κ2) is 6.25. The molecule has 0 radical (unpaired) electrons. The number of benzene rings is 1. The van der Waals surface area contributed by atoms with Gasteiger partial charge in [-0.05, 0) is 44.7 Å². The van der Waals surface area contributed by atoms with E-state index in [4.69, 9.17) is 9.72 Å². The van der Waals surface area contributed by atoms with Crippen LogP contribution in [-0.4, -0.2) is 17.6 Å². The molecule has 0 N–H and O–H groups in total. The summed E-state index contributed by atoms with van der Waals surface area (Å²) >= 11 is 0. The van der Waals surface area contributed by atoms with E-state index in [9.17, 15) is 4.79 Å². The lowest BCUT2D eigenvalue weighted by Crippen LogP contribution is -2.23. The van der Waals surface area contributed by atoms with Crippen LogP contribution in [0.15, 0.2) is 36.4 Å². The summed E-state index contributed by atoms with van der Waals surface area (Å²) < 4.78 is 5.13. The Kier molecular flexibility index (Phi) is 4.18. The number of hydrogen-bond acceptors (Lipinski definition) is 3. The third-order valence-corrected chi connectivity index (χ3v) is 4.39. The van der Waals surface area contributed by atoms with Gasteiger partial charge in [0, 0.05) is 17.0 Å². The lowest BCUT2D eigenvalue weighted by Gasteiger charge is -2.26. The highest BCUT2D eigenvalue weighted by Crippen LogP contribution is 2.36. The molecule has 0 unspecified atom stereocenters. The highest BCUT2D eigenvalue weighted by Gasteiger charge is 2.28. The number of hydrogen-bond donors (Lipinski definition) is 0. The zero-order chi connectivity index (χ0) is 14.7. The zero-order valence-electron chi connectivity index (χ0n) is 12.4. The molecule has 0 amide bonds. The van der Waals surface area contributed by atoms with Gasteiger partial charge in [-0.15, -0.1) is 0 Å². The van der Waals surface area contributed by atoms with Gasteiger partial charge in [0.2, 0.25) is 0 Å². The highest BCUT2D eigenvalue weighted by atomic mass is 16.5. The van der Waals surface area contributed by atoms with E-state index in [-0.39, 0.29) is 11.9 Å². The topological polar surface area (TPSA) is 39.2 Å². The maximum absolute atomic E-state index is 11.8.